The summed E-state index contributed by atoms with van der Waals surface area (Å²) in [5, 5.41) is 23.8. The third kappa shape index (κ3) is 4.05. The van der Waals surface area contributed by atoms with Gasteiger partial charge in [0.2, 0.25) is 0 Å². The fourth-order valence-corrected chi connectivity index (χ4v) is 2.98. The van der Waals surface area contributed by atoms with Crippen molar-refractivity contribution in [3.05, 3.63) is 100 Å². The summed E-state index contributed by atoms with van der Waals surface area (Å²) in [6.45, 7) is 4.05. The van der Waals surface area contributed by atoms with E-state index in [1.54, 1.807) is 24.4 Å². The number of nitrogens with one attached hydrogen (secondary N) is 1. The molecule has 0 spiro atoms. The quantitative estimate of drug-likeness (QED) is 0.369. The largest absolute Gasteiger partial charge is 0.376 e. The lowest BCUT2D eigenvalue weighted by molar-refractivity contribution is -0.384. The standard InChI is InChI=1S/C22H18N4O2/c1-2-12-24-20-11-13-25-21(22(20)26(27)28)14-16-7-9-17(10-8-16)19-6-4-3-5-18(19)15-23/h2-11,13H,1,12,14H2,(H,24,25). The van der Waals surface area contributed by atoms with Gasteiger partial charge in [-0.3, -0.25) is 15.1 Å². The molecule has 0 amide bonds. The van der Waals surface area contributed by atoms with E-state index >= 15 is 0 Å². The number of hydrogen-bond donors (Lipinski definition) is 1. The van der Waals surface area contributed by atoms with Crippen LogP contribution in [0.3, 0.4) is 0 Å². The highest BCUT2D eigenvalue weighted by molar-refractivity contribution is 5.70. The summed E-state index contributed by atoms with van der Waals surface area (Å²) in [6, 6.07) is 18.8. The third-order valence-electron chi connectivity index (χ3n) is 4.30. The van der Waals surface area contributed by atoms with Crippen molar-refractivity contribution >= 4 is 11.4 Å². The molecule has 3 rings (SSSR count). The summed E-state index contributed by atoms with van der Waals surface area (Å²) in [4.78, 5) is 15.4. The van der Waals surface area contributed by atoms with Crippen molar-refractivity contribution < 1.29 is 4.92 Å². The van der Waals surface area contributed by atoms with Crippen molar-refractivity contribution in [2.75, 3.05) is 11.9 Å². The van der Waals surface area contributed by atoms with Crippen LogP contribution < -0.4 is 5.32 Å². The molecular formula is C22H18N4O2. The van der Waals surface area contributed by atoms with E-state index in [9.17, 15) is 15.4 Å². The lowest BCUT2D eigenvalue weighted by atomic mass is 9.98. The minimum absolute atomic E-state index is 0.0248. The summed E-state index contributed by atoms with van der Waals surface area (Å²) in [5.74, 6) is 0. The van der Waals surface area contributed by atoms with Crippen LogP contribution in [-0.2, 0) is 6.42 Å². The van der Waals surface area contributed by atoms with Gasteiger partial charge in [0, 0.05) is 19.2 Å². The number of anilines is 1. The second-order valence-electron chi connectivity index (χ2n) is 6.11. The molecule has 6 heteroatoms. The van der Waals surface area contributed by atoms with Crippen LogP contribution in [0.15, 0.2) is 73.4 Å². The van der Waals surface area contributed by atoms with Crippen molar-refractivity contribution in [1.82, 2.24) is 4.98 Å². The molecule has 0 radical (unpaired) electrons. The Kier molecular flexibility index (Phi) is 5.78. The average Bonchev–Trinajstić information content (AvgIpc) is 2.72. The predicted octanol–water partition coefficient (Wildman–Crippen LogP) is 4.72. The summed E-state index contributed by atoms with van der Waals surface area (Å²) in [5.41, 5.74) is 4.08. The molecule has 1 heterocycles. The molecule has 1 N–H and O–H groups in total. The van der Waals surface area contributed by atoms with E-state index in [0.717, 1.165) is 16.7 Å². The summed E-state index contributed by atoms with van der Waals surface area (Å²) in [7, 11) is 0. The molecule has 1 aromatic heterocycles. The Balaban J connectivity index is 1.90. The minimum atomic E-state index is -0.411. The second-order valence-corrected chi connectivity index (χ2v) is 6.11. The van der Waals surface area contributed by atoms with Gasteiger partial charge in [-0.05, 0) is 28.8 Å². The zero-order chi connectivity index (χ0) is 19.9. The molecule has 28 heavy (non-hydrogen) atoms. The molecule has 6 nitrogen and oxygen atoms in total. The monoisotopic (exact) mass is 370 g/mol. The zero-order valence-corrected chi connectivity index (χ0v) is 15.1. The molecule has 2 aromatic carbocycles. The van der Waals surface area contributed by atoms with Crippen molar-refractivity contribution in [2.45, 2.75) is 6.42 Å². The third-order valence-corrected chi connectivity index (χ3v) is 4.30. The molecule has 0 atom stereocenters. The lowest BCUT2D eigenvalue weighted by Crippen LogP contribution is -2.06. The highest BCUT2D eigenvalue weighted by Gasteiger charge is 2.21. The van der Waals surface area contributed by atoms with E-state index < -0.39 is 4.92 Å². The van der Waals surface area contributed by atoms with Gasteiger partial charge in [0.25, 0.3) is 0 Å². The second kappa shape index (κ2) is 8.60. The number of nitrogens with zero attached hydrogens (tertiary/aromatic N) is 3. The van der Waals surface area contributed by atoms with E-state index in [1.165, 1.54) is 0 Å². The number of nitro groups is 1. The Hall–Kier alpha value is -3.98. The molecule has 0 saturated carbocycles. The molecule has 0 aliphatic carbocycles. The number of hydrogen-bond acceptors (Lipinski definition) is 5. The van der Waals surface area contributed by atoms with Gasteiger partial charge in [-0.2, -0.15) is 5.26 Å². The molecule has 0 fully saturated rings. The average molecular weight is 370 g/mol. The highest BCUT2D eigenvalue weighted by atomic mass is 16.6. The van der Waals surface area contributed by atoms with Crippen LogP contribution in [0.1, 0.15) is 16.8 Å². The molecule has 0 unspecified atom stereocenters. The summed E-state index contributed by atoms with van der Waals surface area (Å²) in [6.07, 6.45) is 3.53. The van der Waals surface area contributed by atoms with Crippen LogP contribution in [0.5, 0.6) is 0 Å². The number of benzene rings is 2. The molecule has 138 valence electrons. The van der Waals surface area contributed by atoms with Gasteiger partial charge >= 0.3 is 5.69 Å². The summed E-state index contributed by atoms with van der Waals surface area (Å²) < 4.78 is 0. The fraction of sp³-hybridized carbons (Fsp3) is 0.0909. The number of nitriles is 1. The minimum Gasteiger partial charge on any atom is -0.376 e. The van der Waals surface area contributed by atoms with E-state index in [-0.39, 0.29) is 5.69 Å². The summed E-state index contributed by atoms with van der Waals surface area (Å²) >= 11 is 0. The molecule has 0 aliphatic rings. The first-order valence-corrected chi connectivity index (χ1v) is 8.69. The van der Waals surface area contributed by atoms with Gasteiger partial charge in [0.15, 0.2) is 0 Å². The Bertz CT molecular complexity index is 1050. The maximum absolute atomic E-state index is 11.6. The Morgan fingerprint density at radius 3 is 2.61 bits per heavy atom. The van der Waals surface area contributed by atoms with Gasteiger partial charge in [-0.1, -0.05) is 48.5 Å². The molecule has 0 bridgehead atoms. The maximum atomic E-state index is 11.6. The van der Waals surface area contributed by atoms with Crippen LogP contribution in [0, 0.1) is 21.4 Å². The number of aromatic nitrogens is 1. The first-order valence-electron chi connectivity index (χ1n) is 8.69. The molecule has 3 aromatic rings. The Morgan fingerprint density at radius 2 is 1.93 bits per heavy atom. The van der Waals surface area contributed by atoms with Crippen molar-refractivity contribution in [1.29, 1.82) is 5.26 Å². The predicted molar refractivity (Wildman–Crippen MR) is 109 cm³/mol. The first-order chi connectivity index (χ1) is 13.6. The van der Waals surface area contributed by atoms with Crippen LogP contribution in [0.4, 0.5) is 11.4 Å². The molecule has 0 saturated heterocycles. The number of pyridine rings is 1. The van der Waals surface area contributed by atoms with Crippen LogP contribution in [0.25, 0.3) is 11.1 Å². The Morgan fingerprint density at radius 1 is 1.18 bits per heavy atom. The van der Waals surface area contributed by atoms with Crippen molar-refractivity contribution in [2.24, 2.45) is 0 Å². The fourth-order valence-electron chi connectivity index (χ4n) is 2.98. The molecular weight excluding hydrogens is 352 g/mol. The smallest absolute Gasteiger partial charge is 0.313 e. The van der Waals surface area contributed by atoms with Crippen LogP contribution in [-0.4, -0.2) is 16.5 Å². The topological polar surface area (TPSA) is 91.8 Å². The normalized spacial score (nSPS) is 10.1. The highest BCUT2D eigenvalue weighted by Crippen LogP contribution is 2.29. The maximum Gasteiger partial charge on any atom is 0.313 e. The number of rotatable bonds is 7. The van der Waals surface area contributed by atoms with E-state index in [4.69, 9.17) is 0 Å². The lowest BCUT2D eigenvalue weighted by Gasteiger charge is -2.09. The van der Waals surface area contributed by atoms with Gasteiger partial charge in [-0.25, -0.2) is 0 Å². The Labute approximate surface area is 162 Å². The van der Waals surface area contributed by atoms with Gasteiger partial charge < -0.3 is 5.32 Å². The van der Waals surface area contributed by atoms with Gasteiger partial charge in [-0.15, -0.1) is 6.58 Å². The first kappa shape index (κ1) is 18.8. The SMILES string of the molecule is C=CCNc1ccnc(Cc2ccc(-c3ccccc3C#N)cc2)c1[N+](=O)[O-]. The van der Waals surface area contributed by atoms with Crippen molar-refractivity contribution in [3.63, 3.8) is 0 Å². The van der Waals surface area contributed by atoms with Crippen LogP contribution >= 0.6 is 0 Å². The van der Waals surface area contributed by atoms with E-state index in [2.05, 4.69) is 22.9 Å². The van der Waals surface area contributed by atoms with E-state index in [1.807, 2.05) is 42.5 Å². The van der Waals surface area contributed by atoms with Gasteiger partial charge in [0.05, 0.1) is 16.6 Å². The molecule has 0 aliphatic heterocycles. The van der Waals surface area contributed by atoms with Gasteiger partial charge in [0.1, 0.15) is 11.4 Å². The van der Waals surface area contributed by atoms with Crippen LogP contribution in [0.2, 0.25) is 0 Å². The van der Waals surface area contributed by atoms with Crippen molar-refractivity contribution in [3.8, 4) is 17.2 Å². The zero-order valence-electron chi connectivity index (χ0n) is 15.1. The van der Waals surface area contributed by atoms with E-state index in [0.29, 0.717) is 29.9 Å².